The molecule has 2 N–H and O–H groups in total. The molecule has 4 aromatic carbocycles. The first-order chi connectivity index (χ1) is 16.9. The summed E-state index contributed by atoms with van der Waals surface area (Å²) in [6.45, 7) is 1.95. The highest BCUT2D eigenvalue weighted by molar-refractivity contribution is 7.92. The maximum Gasteiger partial charge on any atom is 0.261 e. The van der Waals surface area contributed by atoms with Crippen LogP contribution in [0.15, 0.2) is 114 Å². The Hall–Kier alpha value is -3.90. The lowest BCUT2D eigenvalue weighted by Crippen LogP contribution is -2.29. The molecule has 0 saturated carbocycles. The summed E-state index contributed by atoms with van der Waals surface area (Å²) in [5.74, 6) is -0.0690. The minimum Gasteiger partial charge on any atom is -0.345 e. The highest BCUT2D eigenvalue weighted by atomic mass is 32.2. The Morgan fingerprint density at radius 1 is 0.743 bits per heavy atom. The van der Waals surface area contributed by atoms with Crippen molar-refractivity contribution in [3.8, 4) is 0 Å². The van der Waals surface area contributed by atoms with Crippen molar-refractivity contribution >= 4 is 21.6 Å². The van der Waals surface area contributed by atoms with E-state index in [-0.39, 0.29) is 16.8 Å². The van der Waals surface area contributed by atoms with Crippen LogP contribution in [0, 0.1) is 6.92 Å². The van der Waals surface area contributed by atoms with Crippen LogP contribution in [0.1, 0.15) is 34.7 Å². The highest BCUT2D eigenvalue weighted by Crippen LogP contribution is 2.22. The van der Waals surface area contributed by atoms with Gasteiger partial charge in [0.25, 0.3) is 10.0 Å². The van der Waals surface area contributed by atoms with Gasteiger partial charge in [-0.2, -0.15) is 0 Å². The van der Waals surface area contributed by atoms with Crippen molar-refractivity contribution in [1.82, 2.24) is 5.32 Å². The zero-order valence-corrected chi connectivity index (χ0v) is 20.3. The molecule has 4 aromatic rings. The van der Waals surface area contributed by atoms with Crippen molar-refractivity contribution in [2.75, 3.05) is 4.72 Å². The van der Waals surface area contributed by atoms with Crippen LogP contribution in [0.4, 0.5) is 5.69 Å². The number of benzene rings is 4. The molecule has 0 aliphatic heterocycles. The first kappa shape index (κ1) is 24.2. The zero-order valence-electron chi connectivity index (χ0n) is 19.5. The van der Waals surface area contributed by atoms with E-state index in [9.17, 15) is 13.2 Å². The van der Waals surface area contributed by atoms with E-state index in [1.54, 1.807) is 36.4 Å². The number of hydrogen-bond donors (Lipinski definition) is 2. The average Bonchev–Trinajstić information content (AvgIpc) is 2.88. The molecule has 0 spiro atoms. The third-order valence-electron chi connectivity index (χ3n) is 5.75. The molecule has 5 nitrogen and oxygen atoms in total. The van der Waals surface area contributed by atoms with E-state index in [0.717, 1.165) is 22.3 Å². The third-order valence-corrected chi connectivity index (χ3v) is 7.15. The predicted molar refractivity (Wildman–Crippen MR) is 140 cm³/mol. The van der Waals surface area contributed by atoms with Crippen molar-refractivity contribution in [2.45, 2.75) is 30.7 Å². The second kappa shape index (κ2) is 11.0. The Balaban J connectivity index is 1.38. The number of carbonyl (C=O) groups excluding carboxylic acids is 1. The Morgan fingerprint density at radius 3 is 1.83 bits per heavy atom. The molecular formula is C29H28N2O3S. The molecule has 0 heterocycles. The van der Waals surface area contributed by atoms with Gasteiger partial charge in [0.05, 0.1) is 10.9 Å². The maximum absolute atomic E-state index is 12.8. The molecule has 0 saturated heterocycles. The standard InChI is InChI=1S/C29H28N2O3S/c1-22-12-17-26(18-13-22)31-35(33,34)27-19-14-23(15-20-27)16-21-28(32)30-29(24-8-4-2-5-9-24)25-10-6-3-7-11-25/h2-15,17-20,29,31H,16,21H2,1H3,(H,30,32). The number of rotatable bonds is 9. The molecule has 0 unspecified atom stereocenters. The average molecular weight is 485 g/mol. The molecule has 4 rings (SSSR count). The Labute approximate surface area is 206 Å². The van der Waals surface area contributed by atoms with E-state index in [1.807, 2.05) is 79.7 Å². The van der Waals surface area contributed by atoms with E-state index in [4.69, 9.17) is 0 Å². The molecule has 0 aliphatic rings. The fourth-order valence-corrected chi connectivity index (χ4v) is 4.87. The Morgan fingerprint density at radius 2 is 1.29 bits per heavy atom. The quantitative estimate of drug-likeness (QED) is 0.323. The van der Waals surface area contributed by atoms with E-state index in [0.29, 0.717) is 18.5 Å². The number of sulfonamides is 1. The summed E-state index contributed by atoms with van der Waals surface area (Å²) in [5, 5.41) is 3.14. The second-order valence-electron chi connectivity index (χ2n) is 8.44. The summed E-state index contributed by atoms with van der Waals surface area (Å²) in [6, 6.07) is 33.3. The molecule has 0 fully saturated rings. The third kappa shape index (κ3) is 6.58. The van der Waals surface area contributed by atoms with Crippen molar-refractivity contribution < 1.29 is 13.2 Å². The molecule has 6 heteroatoms. The summed E-state index contributed by atoms with van der Waals surface area (Å²) in [6.07, 6.45) is 0.803. The van der Waals surface area contributed by atoms with Crippen molar-refractivity contribution in [1.29, 1.82) is 0 Å². The second-order valence-corrected chi connectivity index (χ2v) is 10.1. The van der Waals surface area contributed by atoms with E-state index < -0.39 is 10.0 Å². The normalized spacial score (nSPS) is 11.3. The Bertz CT molecular complexity index is 1310. The van der Waals surface area contributed by atoms with Gasteiger partial charge in [0.15, 0.2) is 0 Å². The summed E-state index contributed by atoms with van der Waals surface area (Å²) >= 11 is 0. The fraction of sp³-hybridized carbons (Fsp3) is 0.138. The van der Waals surface area contributed by atoms with Gasteiger partial charge >= 0.3 is 0 Å². The van der Waals surface area contributed by atoms with Crippen LogP contribution in [0.5, 0.6) is 0 Å². The zero-order chi connectivity index (χ0) is 24.7. The largest absolute Gasteiger partial charge is 0.345 e. The molecule has 0 aliphatic carbocycles. The van der Waals surface area contributed by atoms with Gasteiger partial charge in [0.1, 0.15) is 0 Å². The van der Waals surface area contributed by atoms with E-state index >= 15 is 0 Å². The lowest BCUT2D eigenvalue weighted by molar-refractivity contribution is -0.121. The van der Waals surface area contributed by atoms with Crippen LogP contribution in [-0.2, 0) is 21.2 Å². The summed E-state index contributed by atoms with van der Waals surface area (Å²) < 4.78 is 28.0. The van der Waals surface area contributed by atoms with Gasteiger partial charge in [-0.3, -0.25) is 9.52 Å². The molecule has 178 valence electrons. The van der Waals surface area contributed by atoms with Gasteiger partial charge in [-0.15, -0.1) is 0 Å². The van der Waals surface area contributed by atoms with Crippen molar-refractivity contribution in [3.63, 3.8) is 0 Å². The van der Waals surface area contributed by atoms with E-state index in [2.05, 4.69) is 10.0 Å². The number of carbonyl (C=O) groups is 1. The molecule has 1 amide bonds. The van der Waals surface area contributed by atoms with Crippen molar-refractivity contribution in [3.05, 3.63) is 131 Å². The monoisotopic (exact) mass is 484 g/mol. The number of hydrogen-bond acceptors (Lipinski definition) is 3. The van der Waals surface area contributed by atoms with Crippen LogP contribution >= 0.6 is 0 Å². The van der Waals surface area contributed by atoms with Gasteiger partial charge in [-0.25, -0.2) is 8.42 Å². The lowest BCUT2D eigenvalue weighted by Gasteiger charge is -2.20. The molecule has 35 heavy (non-hydrogen) atoms. The van der Waals surface area contributed by atoms with Crippen LogP contribution in [-0.4, -0.2) is 14.3 Å². The van der Waals surface area contributed by atoms with Gasteiger partial charge in [0, 0.05) is 12.1 Å². The van der Waals surface area contributed by atoms with Gasteiger partial charge in [0.2, 0.25) is 5.91 Å². The molecule has 0 bridgehead atoms. The fourth-order valence-electron chi connectivity index (χ4n) is 3.81. The van der Waals surface area contributed by atoms with E-state index in [1.165, 1.54) is 0 Å². The van der Waals surface area contributed by atoms with Gasteiger partial charge < -0.3 is 5.32 Å². The molecular weight excluding hydrogens is 456 g/mol. The minimum atomic E-state index is -3.68. The number of anilines is 1. The van der Waals surface area contributed by atoms with Crippen LogP contribution < -0.4 is 10.0 Å². The Kier molecular flexibility index (Phi) is 7.63. The summed E-state index contributed by atoms with van der Waals surface area (Å²) in [4.78, 5) is 13.0. The first-order valence-corrected chi connectivity index (χ1v) is 13.0. The lowest BCUT2D eigenvalue weighted by atomic mass is 9.98. The van der Waals surface area contributed by atoms with Crippen LogP contribution in [0.2, 0.25) is 0 Å². The SMILES string of the molecule is Cc1ccc(NS(=O)(=O)c2ccc(CCC(=O)NC(c3ccccc3)c3ccccc3)cc2)cc1. The summed E-state index contributed by atoms with van der Waals surface area (Å²) in [7, 11) is -3.68. The van der Waals surface area contributed by atoms with Gasteiger partial charge in [-0.05, 0) is 54.3 Å². The number of amides is 1. The highest BCUT2D eigenvalue weighted by Gasteiger charge is 2.17. The maximum atomic E-state index is 12.8. The molecule has 0 aromatic heterocycles. The minimum absolute atomic E-state index is 0.0690. The number of nitrogens with one attached hydrogen (secondary N) is 2. The van der Waals surface area contributed by atoms with Gasteiger partial charge in [-0.1, -0.05) is 90.5 Å². The smallest absolute Gasteiger partial charge is 0.261 e. The summed E-state index contributed by atoms with van der Waals surface area (Å²) in [5.41, 5.74) is 4.50. The first-order valence-electron chi connectivity index (χ1n) is 11.5. The topological polar surface area (TPSA) is 75.3 Å². The van der Waals surface area contributed by atoms with Crippen LogP contribution in [0.25, 0.3) is 0 Å². The molecule has 0 radical (unpaired) electrons. The predicted octanol–water partition coefficient (Wildman–Crippen LogP) is 5.63. The number of aryl methyl sites for hydroxylation is 2. The van der Waals surface area contributed by atoms with Crippen LogP contribution in [0.3, 0.4) is 0 Å². The van der Waals surface area contributed by atoms with Crippen molar-refractivity contribution in [2.24, 2.45) is 0 Å². The molecule has 0 atom stereocenters.